The topological polar surface area (TPSA) is 41.6 Å². The average molecular weight is 340 g/mol. The third kappa shape index (κ3) is 3.83. The van der Waals surface area contributed by atoms with Gasteiger partial charge in [0.2, 0.25) is 0 Å². The third-order valence-electron chi connectivity index (χ3n) is 6.49. The van der Waals surface area contributed by atoms with Gasteiger partial charge in [-0.15, -0.1) is 0 Å². The van der Waals surface area contributed by atoms with Crippen molar-refractivity contribution in [2.75, 3.05) is 26.2 Å². The summed E-state index contributed by atoms with van der Waals surface area (Å²) in [7, 11) is 0. The fraction of sp³-hybridized carbons (Fsp3) is 0.682. The molecule has 0 amide bonds. The highest BCUT2D eigenvalue weighted by molar-refractivity contribution is 5.66. The Labute approximate surface area is 152 Å². The summed E-state index contributed by atoms with van der Waals surface area (Å²) >= 11 is 0. The normalized spacial score (nSPS) is 31.9. The zero-order valence-corrected chi connectivity index (χ0v) is 15.7. The van der Waals surface area contributed by atoms with E-state index in [1.807, 2.05) is 0 Å². The van der Waals surface area contributed by atoms with Crippen LogP contribution in [-0.2, 0) is 0 Å². The predicted molar refractivity (Wildman–Crippen MR) is 106 cm³/mol. The molecule has 136 valence electrons. The SMILES string of the molecule is CC/C(=C\C1=CCCC=C1)[C@@H]1C[C@H]1C=NC1CC2(C1)CN(CCN)C2. The highest BCUT2D eigenvalue weighted by Crippen LogP contribution is 2.50. The summed E-state index contributed by atoms with van der Waals surface area (Å²) in [6, 6.07) is 0.597. The standard InChI is InChI=1S/C22H33N3/c1-2-18(10-17-6-4-3-5-7-17)21-11-19(21)14-24-20-12-22(13-20)15-25(16-22)9-8-23/h4,6-7,10,14,19-21H,2-3,5,8-9,11-13,15-16,23H2,1H3/b18-10+,24-14?/t19-,21-/m0/s1. The summed E-state index contributed by atoms with van der Waals surface area (Å²) in [5, 5.41) is 0. The zero-order valence-electron chi connectivity index (χ0n) is 15.7. The lowest BCUT2D eigenvalue weighted by atomic mass is 9.61. The minimum Gasteiger partial charge on any atom is -0.329 e. The van der Waals surface area contributed by atoms with Crippen LogP contribution in [-0.4, -0.2) is 43.3 Å². The summed E-state index contributed by atoms with van der Waals surface area (Å²) in [4.78, 5) is 7.42. The van der Waals surface area contributed by atoms with Gasteiger partial charge in [-0.2, -0.15) is 0 Å². The smallest absolute Gasteiger partial charge is 0.0508 e. The Kier molecular flexibility index (Phi) is 4.97. The first-order chi connectivity index (χ1) is 12.2. The van der Waals surface area contributed by atoms with Gasteiger partial charge in [0.1, 0.15) is 0 Å². The molecule has 0 unspecified atom stereocenters. The van der Waals surface area contributed by atoms with Crippen molar-refractivity contribution >= 4 is 6.21 Å². The molecule has 1 heterocycles. The second-order valence-corrected chi connectivity index (χ2v) is 8.62. The van der Waals surface area contributed by atoms with Gasteiger partial charge in [0.15, 0.2) is 0 Å². The molecule has 2 atom stereocenters. The van der Waals surface area contributed by atoms with Crippen molar-refractivity contribution in [1.29, 1.82) is 0 Å². The van der Waals surface area contributed by atoms with E-state index in [4.69, 9.17) is 10.7 Å². The van der Waals surface area contributed by atoms with E-state index in [9.17, 15) is 0 Å². The van der Waals surface area contributed by atoms with Gasteiger partial charge in [-0.1, -0.05) is 36.8 Å². The van der Waals surface area contributed by atoms with Gasteiger partial charge in [-0.3, -0.25) is 4.99 Å². The van der Waals surface area contributed by atoms with Gasteiger partial charge in [0, 0.05) is 38.3 Å². The molecular formula is C22H33N3. The predicted octanol–water partition coefficient (Wildman–Crippen LogP) is 3.73. The van der Waals surface area contributed by atoms with Crippen LogP contribution in [0.5, 0.6) is 0 Å². The molecule has 3 nitrogen and oxygen atoms in total. The number of aliphatic imine (C=N–C) groups is 1. The molecule has 3 heteroatoms. The molecule has 1 spiro atoms. The van der Waals surface area contributed by atoms with E-state index >= 15 is 0 Å². The van der Waals surface area contributed by atoms with Gasteiger partial charge in [-0.05, 0) is 55.4 Å². The summed E-state index contributed by atoms with van der Waals surface area (Å²) in [6.07, 6.45) is 19.2. The lowest BCUT2D eigenvalue weighted by Gasteiger charge is -2.58. The van der Waals surface area contributed by atoms with Crippen LogP contribution in [0.25, 0.3) is 0 Å². The second-order valence-electron chi connectivity index (χ2n) is 8.62. The largest absolute Gasteiger partial charge is 0.329 e. The molecule has 3 fully saturated rings. The van der Waals surface area contributed by atoms with E-state index in [1.54, 1.807) is 5.57 Å². The molecule has 0 aromatic heterocycles. The summed E-state index contributed by atoms with van der Waals surface area (Å²) in [5.74, 6) is 1.45. The first-order valence-electron chi connectivity index (χ1n) is 10.2. The van der Waals surface area contributed by atoms with Crippen LogP contribution in [0.4, 0.5) is 0 Å². The van der Waals surface area contributed by atoms with Gasteiger partial charge in [-0.25, -0.2) is 0 Å². The van der Waals surface area contributed by atoms with E-state index in [2.05, 4.69) is 42.3 Å². The first kappa shape index (κ1) is 17.2. The Morgan fingerprint density at radius 1 is 1.36 bits per heavy atom. The van der Waals surface area contributed by atoms with Crippen molar-refractivity contribution in [2.45, 2.75) is 51.5 Å². The summed E-state index contributed by atoms with van der Waals surface area (Å²) in [5.41, 5.74) is 9.28. The Balaban J connectivity index is 1.23. The molecule has 0 aromatic rings. The highest BCUT2D eigenvalue weighted by atomic mass is 15.2. The van der Waals surface area contributed by atoms with Crippen molar-refractivity contribution < 1.29 is 0 Å². The minimum absolute atomic E-state index is 0.597. The number of hydrogen-bond donors (Lipinski definition) is 1. The van der Waals surface area contributed by atoms with E-state index < -0.39 is 0 Å². The molecule has 0 aromatic carbocycles. The molecule has 2 N–H and O–H groups in total. The number of nitrogens with two attached hydrogens (primary N) is 1. The van der Waals surface area contributed by atoms with Crippen LogP contribution < -0.4 is 5.73 Å². The van der Waals surface area contributed by atoms with E-state index in [1.165, 1.54) is 57.2 Å². The number of hydrogen-bond acceptors (Lipinski definition) is 3. The molecule has 1 aliphatic heterocycles. The molecule has 0 bridgehead atoms. The zero-order chi connectivity index (χ0) is 17.3. The van der Waals surface area contributed by atoms with E-state index in [0.717, 1.165) is 19.0 Å². The van der Waals surface area contributed by atoms with Gasteiger partial charge >= 0.3 is 0 Å². The molecule has 0 radical (unpaired) electrons. The van der Waals surface area contributed by atoms with Crippen molar-refractivity contribution in [3.63, 3.8) is 0 Å². The molecular weight excluding hydrogens is 306 g/mol. The van der Waals surface area contributed by atoms with Crippen LogP contribution in [0.15, 0.2) is 40.4 Å². The molecule has 1 saturated heterocycles. The fourth-order valence-corrected chi connectivity index (χ4v) is 5.01. The number of nitrogens with zero attached hydrogens (tertiary/aromatic N) is 2. The van der Waals surface area contributed by atoms with Crippen LogP contribution >= 0.6 is 0 Å². The van der Waals surface area contributed by atoms with Crippen molar-refractivity contribution in [2.24, 2.45) is 28.0 Å². The van der Waals surface area contributed by atoms with Crippen molar-refractivity contribution in [3.8, 4) is 0 Å². The van der Waals surface area contributed by atoms with Gasteiger partial charge < -0.3 is 10.6 Å². The maximum atomic E-state index is 5.63. The summed E-state index contributed by atoms with van der Waals surface area (Å²) < 4.78 is 0. The minimum atomic E-state index is 0.597. The highest BCUT2D eigenvalue weighted by Gasteiger charge is 2.52. The molecule has 4 aliphatic rings. The van der Waals surface area contributed by atoms with Crippen LogP contribution in [0.1, 0.15) is 45.4 Å². The molecule has 25 heavy (non-hydrogen) atoms. The number of rotatable bonds is 7. The van der Waals surface area contributed by atoms with Gasteiger partial charge in [0.25, 0.3) is 0 Å². The molecule has 2 saturated carbocycles. The number of likely N-dealkylation sites (tertiary alicyclic amines) is 1. The van der Waals surface area contributed by atoms with Gasteiger partial charge in [0.05, 0.1) is 6.04 Å². The third-order valence-corrected chi connectivity index (χ3v) is 6.49. The lowest BCUT2D eigenvalue weighted by Crippen LogP contribution is -2.63. The van der Waals surface area contributed by atoms with Crippen LogP contribution in [0.2, 0.25) is 0 Å². The molecule has 4 rings (SSSR count). The maximum absolute atomic E-state index is 5.63. The maximum Gasteiger partial charge on any atom is 0.0508 e. The average Bonchev–Trinajstić information content (AvgIpc) is 3.33. The number of allylic oxidation sites excluding steroid dienone is 6. The molecule has 3 aliphatic carbocycles. The Hall–Kier alpha value is -1.19. The monoisotopic (exact) mass is 339 g/mol. The first-order valence-corrected chi connectivity index (χ1v) is 10.2. The Bertz CT molecular complexity index is 599. The Morgan fingerprint density at radius 2 is 2.20 bits per heavy atom. The van der Waals surface area contributed by atoms with Crippen molar-refractivity contribution in [3.05, 3.63) is 35.5 Å². The summed E-state index contributed by atoms with van der Waals surface area (Å²) in [6.45, 7) is 6.67. The van der Waals surface area contributed by atoms with Crippen molar-refractivity contribution in [1.82, 2.24) is 4.90 Å². The quantitative estimate of drug-likeness (QED) is 0.718. The van der Waals surface area contributed by atoms with Crippen LogP contribution in [0.3, 0.4) is 0 Å². The van der Waals surface area contributed by atoms with Crippen LogP contribution in [0, 0.1) is 17.3 Å². The van der Waals surface area contributed by atoms with E-state index in [-0.39, 0.29) is 0 Å². The lowest BCUT2D eigenvalue weighted by molar-refractivity contribution is -0.0681. The second kappa shape index (κ2) is 7.20. The van der Waals surface area contributed by atoms with E-state index in [0.29, 0.717) is 17.4 Å². The Morgan fingerprint density at radius 3 is 2.88 bits per heavy atom. The fourth-order valence-electron chi connectivity index (χ4n) is 5.01.